The van der Waals surface area contributed by atoms with Crippen molar-refractivity contribution in [2.45, 2.75) is 32.0 Å². The Labute approximate surface area is 166 Å². The summed E-state index contributed by atoms with van der Waals surface area (Å²) in [6.07, 6.45) is -1.23. The zero-order chi connectivity index (χ0) is 21.2. The quantitative estimate of drug-likeness (QED) is 0.804. The van der Waals surface area contributed by atoms with Gasteiger partial charge >= 0.3 is 6.18 Å². The molecule has 0 saturated heterocycles. The molecular weight excluding hydrogens is 383 g/mol. The molecule has 1 aliphatic heterocycles. The highest BCUT2D eigenvalue weighted by molar-refractivity contribution is 6.04. The molecule has 8 heteroatoms. The lowest BCUT2D eigenvalue weighted by molar-refractivity contribution is -0.137. The number of halogens is 3. The fourth-order valence-electron chi connectivity index (χ4n) is 3.11. The van der Waals surface area contributed by atoms with E-state index in [0.29, 0.717) is 17.7 Å². The summed E-state index contributed by atoms with van der Waals surface area (Å²) in [6, 6.07) is 9.12. The van der Waals surface area contributed by atoms with E-state index >= 15 is 0 Å². The number of amides is 1. The molecule has 0 atom stereocenters. The van der Waals surface area contributed by atoms with E-state index in [1.165, 1.54) is 17.2 Å². The topological polar surface area (TPSA) is 65.5 Å². The minimum Gasteiger partial charge on any atom is -0.386 e. The molecular formula is C21H22F3N3O2. The zero-order valence-corrected chi connectivity index (χ0v) is 16.1. The van der Waals surface area contributed by atoms with Gasteiger partial charge in [0.2, 0.25) is 0 Å². The zero-order valence-electron chi connectivity index (χ0n) is 16.1. The van der Waals surface area contributed by atoms with Gasteiger partial charge in [-0.25, -0.2) is 4.98 Å². The number of anilines is 2. The fourth-order valence-corrected chi connectivity index (χ4v) is 3.11. The van der Waals surface area contributed by atoms with Gasteiger partial charge in [0.1, 0.15) is 5.82 Å². The average molecular weight is 405 g/mol. The lowest BCUT2D eigenvalue weighted by Gasteiger charge is -2.29. The van der Waals surface area contributed by atoms with Gasteiger partial charge in [0, 0.05) is 30.5 Å². The van der Waals surface area contributed by atoms with Gasteiger partial charge in [-0.3, -0.25) is 4.79 Å². The second-order valence-corrected chi connectivity index (χ2v) is 7.39. The van der Waals surface area contributed by atoms with Gasteiger partial charge in [-0.1, -0.05) is 18.2 Å². The molecule has 1 amide bonds. The van der Waals surface area contributed by atoms with Crippen LogP contribution in [0, 0.1) is 0 Å². The lowest BCUT2D eigenvalue weighted by atomic mass is 9.98. The van der Waals surface area contributed by atoms with Gasteiger partial charge < -0.3 is 15.3 Å². The normalized spacial score (nSPS) is 15.1. The first kappa shape index (κ1) is 20.9. The minimum absolute atomic E-state index is 0.127. The average Bonchev–Trinajstić information content (AvgIpc) is 2.67. The van der Waals surface area contributed by atoms with Crippen LogP contribution in [0.25, 0.3) is 0 Å². The molecule has 5 nitrogen and oxygen atoms in total. The number of hydrogen-bond donors (Lipinski definition) is 2. The van der Waals surface area contributed by atoms with Crippen molar-refractivity contribution in [1.29, 1.82) is 0 Å². The Bertz CT molecular complexity index is 916. The highest BCUT2D eigenvalue weighted by Crippen LogP contribution is 2.35. The Morgan fingerprint density at radius 2 is 1.86 bits per heavy atom. The van der Waals surface area contributed by atoms with E-state index in [0.717, 1.165) is 11.6 Å². The number of nitrogens with zero attached hydrogens (tertiary/aromatic N) is 2. The number of pyridine rings is 1. The summed E-state index contributed by atoms with van der Waals surface area (Å²) >= 11 is 0. The highest BCUT2D eigenvalue weighted by atomic mass is 19.4. The molecule has 0 fully saturated rings. The largest absolute Gasteiger partial charge is 0.419 e. The lowest BCUT2D eigenvalue weighted by Crippen LogP contribution is -2.33. The first-order valence-corrected chi connectivity index (χ1v) is 9.16. The van der Waals surface area contributed by atoms with E-state index in [2.05, 4.69) is 10.3 Å². The summed E-state index contributed by atoms with van der Waals surface area (Å²) in [5.74, 6) is -0.421. The second kappa shape index (κ2) is 7.87. The van der Waals surface area contributed by atoms with Crippen molar-refractivity contribution in [3.05, 3.63) is 65.4 Å². The molecule has 1 aromatic heterocycles. The van der Waals surface area contributed by atoms with Crippen LogP contribution in [0.4, 0.5) is 24.7 Å². The summed E-state index contributed by atoms with van der Waals surface area (Å²) in [5.41, 5.74) is 0.0540. The van der Waals surface area contributed by atoms with Crippen LogP contribution < -0.4 is 10.2 Å². The maximum Gasteiger partial charge on any atom is 0.419 e. The maximum absolute atomic E-state index is 13.2. The van der Waals surface area contributed by atoms with Crippen LogP contribution in [0.5, 0.6) is 0 Å². The van der Waals surface area contributed by atoms with Crippen molar-refractivity contribution < 1.29 is 23.1 Å². The SMILES string of the molecule is CC(C)(O)c1ccc(NC(=O)C2=CCN(c3ncccc3C(F)(F)F)CC2)cc1. The van der Waals surface area contributed by atoms with E-state index in [-0.39, 0.29) is 24.8 Å². The predicted molar refractivity (Wildman–Crippen MR) is 104 cm³/mol. The van der Waals surface area contributed by atoms with Crippen LogP contribution >= 0.6 is 0 Å². The first-order valence-electron chi connectivity index (χ1n) is 9.16. The van der Waals surface area contributed by atoms with Crippen molar-refractivity contribution in [2.75, 3.05) is 23.3 Å². The Morgan fingerprint density at radius 3 is 2.41 bits per heavy atom. The van der Waals surface area contributed by atoms with Crippen LogP contribution in [0.1, 0.15) is 31.4 Å². The molecule has 2 heterocycles. The summed E-state index contributed by atoms with van der Waals surface area (Å²) in [4.78, 5) is 17.9. The number of aliphatic hydroxyl groups is 1. The Kier molecular flexibility index (Phi) is 5.66. The molecule has 0 radical (unpaired) electrons. The second-order valence-electron chi connectivity index (χ2n) is 7.39. The molecule has 0 aliphatic carbocycles. The van der Waals surface area contributed by atoms with Gasteiger partial charge in [-0.05, 0) is 50.1 Å². The third kappa shape index (κ3) is 4.95. The van der Waals surface area contributed by atoms with Crippen LogP contribution in [0.2, 0.25) is 0 Å². The Hall–Kier alpha value is -2.87. The van der Waals surface area contributed by atoms with Crippen molar-refractivity contribution in [3.63, 3.8) is 0 Å². The summed E-state index contributed by atoms with van der Waals surface area (Å²) in [5, 5.41) is 12.8. The third-order valence-corrected chi connectivity index (χ3v) is 4.74. The number of carbonyl (C=O) groups is 1. The van der Waals surface area contributed by atoms with Gasteiger partial charge in [-0.15, -0.1) is 0 Å². The number of hydrogen-bond acceptors (Lipinski definition) is 4. The summed E-state index contributed by atoms with van der Waals surface area (Å²) in [7, 11) is 0. The number of aromatic nitrogens is 1. The maximum atomic E-state index is 13.2. The summed E-state index contributed by atoms with van der Waals surface area (Å²) < 4.78 is 39.6. The van der Waals surface area contributed by atoms with Crippen molar-refractivity contribution >= 4 is 17.4 Å². The van der Waals surface area contributed by atoms with Crippen LogP contribution in [-0.2, 0) is 16.6 Å². The highest BCUT2D eigenvalue weighted by Gasteiger charge is 2.36. The molecule has 2 aromatic rings. The van der Waals surface area contributed by atoms with Crippen molar-refractivity contribution in [1.82, 2.24) is 4.98 Å². The molecule has 3 rings (SSSR count). The van der Waals surface area contributed by atoms with E-state index in [1.54, 1.807) is 44.2 Å². The molecule has 0 saturated carbocycles. The third-order valence-electron chi connectivity index (χ3n) is 4.74. The van der Waals surface area contributed by atoms with E-state index in [9.17, 15) is 23.1 Å². The smallest absolute Gasteiger partial charge is 0.386 e. The van der Waals surface area contributed by atoms with Crippen LogP contribution in [-0.4, -0.2) is 29.1 Å². The molecule has 2 N–H and O–H groups in total. The number of nitrogens with one attached hydrogen (secondary N) is 1. The van der Waals surface area contributed by atoms with Gasteiger partial charge in [-0.2, -0.15) is 13.2 Å². The molecule has 154 valence electrons. The van der Waals surface area contributed by atoms with Crippen molar-refractivity contribution in [3.8, 4) is 0 Å². The standard InChI is InChI=1S/C21H22F3N3O2/c1-20(2,29)15-5-7-16(8-6-15)26-19(28)14-9-12-27(13-10-14)18-17(21(22,23)24)4-3-11-25-18/h3-9,11,29H,10,12-13H2,1-2H3,(H,26,28). The first-order chi connectivity index (χ1) is 13.6. The van der Waals surface area contributed by atoms with E-state index in [1.807, 2.05) is 0 Å². The Balaban J connectivity index is 1.68. The Morgan fingerprint density at radius 1 is 1.17 bits per heavy atom. The predicted octanol–water partition coefficient (Wildman–Crippen LogP) is 4.10. The number of alkyl halides is 3. The molecule has 0 spiro atoms. The van der Waals surface area contributed by atoms with Gasteiger partial charge in [0.05, 0.1) is 11.2 Å². The number of carbonyl (C=O) groups excluding carboxylic acids is 1. The molecule has 29 heavy (non-hydrogen) atoms. The minimum atomic E-state index is -4.49. The van der Waals surface area contributed by atoms with Crippen LogP contribution in [0.3, 0.4) is 0 Å². The molecule has 0 unspecified atom stereocenters. The van der Waals surface area contributed by atoms with E-state index in [4.69, 9.17) is 0 Å². The van der Waals surface area contributed by atoms with Crippen molar-refractivity contribution in [2.24, 2.45) is 0 Å². The van der Waals surface area contributed by atoms with Gasteiger partial charge in [0.25, 0.3) is 5.91 Å². The fraction of sp³-hybridized carbons (Fsp3) is 0.333. The molecule has 1 aromatic carbocycles. The summed E-state index contributed by atoms with van der Waals surface area (Å²) in [6.45, 7) is 3.77. The monoisotopic (exact) mass is 405 g/mol. The van der Waals surface area contributed by atoms with E-state index < -0.39 is 17.3 Å². The van der Waals surface area contributed by atoms with Gasteiger partial charge in [0.15, 0.2) is 0 Å². The number of benzene rings is 1. The number of rotatable bonds is 4. The molecule has 1 aliphatic rings. The van der Waals surface area contributed by atoms with Crippen LogP contribution in [0.15, 0.2) is 54.2 Å². The molecule has 0 bridgehead atoms.